The lowest BCUT2D eigenvalue weighted by molar-refractivity contribution is 0.0446. The molecule has 5 rings (SSSR count). The van der Waals surface area contributed by atoms with Gasteiger partial charge in [-0.05, 0) is 100 Å². The predicted molar refractivity (Wildman–Crippen MR) is 142 cm³/mol. The van der Waals surface area contributed by atoms with E-state index in [2.05, 4.69) is 46.0 Å². The van der Waals surface area contributed by atoms with Crippen LogP contribution in [0.2, 0.25) is 0 Å². The number of esters is 1. The van der Waals surface area contributed by atoms with E-state index in [-0.39, 0.29) is 5.97 Å². The molecule has 0 saturated carbocycles. The molecule has 3 heterocycles. The number of hydrogen-bond donors (Lipinski definition) is 1. The zero-order valence-corrected chi connectivity index (χ0v) is 21.6. The fourth-order valence-corrected chi connectivity index (χ4v) is 6.06. The molecule has 0 radical (unpaired) electrons. The highest BCUT2D eigenvalue weighted by atomic mass is 19.1. The summed E-state index contributed by atoms with van der Waals surface area (Å²) in [6.07, 6.45) is 4.33. The third-order valence-corrected chi connectivity index (χ3v) is 8.27. The second-order valence-corrected chi connectivity index (χ2v) is 10.7. The largest absolute Gasteiger partial charge is 0.465 e. The van der Waals surface area contributed by atoms with Gasteiger partial charge in [0.25, 0.3) is 0 Å². The SMILES string of the molecule is COC(=O)c1ccc(Cc2c(C)n(CC3CCN(CC4(F)CCNCC4)CC3)c3ccccc23)cc1. The Balaban J connectivity index is 1.28. The molecular weight excluding hydrogens is 453 g/mol. The highest BCUT2D eigenvalue weighted by Crippen LogP contribution is 2.32. The Kier molecular flexibility index (Phi) is 7.44. The molecule has 3 aromatic rings. The molecule has 192 valence electrons. The van der Waals surface area contributed by atoms with Gasteiger partial charge in [-0.15, -0.1) is 0 Å². The predicted octanol–water partition coefficient (Wildman–Crippen LogP) is 5.13. The molecule has 2 fully saturated rings. The molecule has 0 amide bonds. The number of likely N-dealkylation sites (tertiary alicyclic amines) is 1. The van der Waals surface area contributed by atoms with Crippen molar-refractivity contribution in [1.29, 1.82) is 0 Å². The van der Waals surface area contributed by atoms with E-state index in [9.17, 15) is 4.79 Å². The molecule has 0 aliphatic carbocycles. The van der Waals surface area contributed by atoms with Gasteiger partial charge in [-0.2, -0.15) is 0 Å². The van der Waals surface area contributed by atoms with Crippen molar-refractivity contribution in [2.75, 3.05) is 39.8 Å². The van der Waals surface area contributed by atoms with Crippen molar-refractivity contribution in [1.82, 2.24) is 14.8 Å². The molecule has 5 nitrogen and oxygen atoms in total. The highest BCUT2D eigenvalue weighted by molar-refractivity contribution is 5.89. The lowest BCUT2D eigenvalue weighted by Crippen LogP contribution is -2.49. The smallest absolute Gasteiger partial charge is 0.337 e. The quantitative estimate of drug-likeness (QED) is 0.466. The Morgan fingerprint density at radius 1 is 1.08 bits per heavy atom. The summed E-state index contributed by atoms with van der Waals surface area (Å²) in [7, 11) is 1.41. The average molecular weight is 492 g/mol. The molecule has 0 spiro atoms. The van der Waals surface area contributed by atoms with E-state index in [4.69, 9.17) is 4.74 Å². The van der Waals surface area contributed by atoms with Crippen LogP contribution in [0.3, 0.4) is 0 Å². The molecule has 36 heavy (non-hydrogen) atoms. The van der Waals surface area contributed by atoms with Crippen LogP contribution in [0.5, 0.6) is 0 Å². The summed E-state index contributed by atoms with van der Waals surface area (Å²) in [6, 6.07) is 16.4. The average Bonchev–Trinajstić information content (AvgIpc) is 3.16. The zero-order chi connectivity index (χ0) is 25.1. The van der Waals surface area contributed by atoms with Gasteiger partial charge in [0.15, 0.2) is 0 Å². The second kappa shape index (κ2) is 10.7. The molecule has 2 saturated heterocycles. The maximum absolute atomic E-state index is 15.2. The van der Waals surface area contributed by atoms with Crippen LogP contribution >= 0.6 is 0 Å². The second-order valence-electron chi connectivity index (χ2n) is 10.7. The molecule has 2 aliphatic rings. The number of carbonyl (C=O) groups excluding carboxylic acids is 1. The summed E-state index contributed by atoms with van der Waals surface area (Å²) in [5, 5.41) is 4.58. The van der Waals surface area contributed by atoms with Crippen molar-refractivity contribution in [3.05, 3.63) is 70.9 Å². The third kappa shape index (κ3) is 5.35. The van der Waals surface area contributed by atoms with E-state index in [0.29, 0.717) is 30.9 Å². The maximum Gasteiger partial charge on any atom is 0.337 e. The van der Waals surface area contributed by atoms with Gasteiger partial charge in [-0.3, -0.25) is 0 Å². The lowest BCUT2D eigenvalue weighted by atomic mass is 9.91. The van der Waals surface area contributed by atoms with Crippen molar-refractivity contribution >= 4 is 16.9 Å². The first-order valence-electron chi connectivity index (χ1n) is 13.3. The molecule has 1 N–H and O–H groups in total. The monoisotopic (exact) mass is 491 g/mol. The number of aromatic nitrogens is 1. The fraction of sp³-hybridized carbons (Fsp3) is 0.500. The van der Waals surface area contributed by atoms with E-state index < -0.39 is 5.67 Å². The third-order valence-electron chi connectivity index (χ3n) is 8.27. The van der Waals surface area contributed by atoms with Crippen LogP contribution in [0.4, 0.5) is 4.39 Å². The number of benzene rings is 2. The number of carbonyl (C=O) groups is 1. The van der Waals surface area contributed by atoms with E-state index in [1.54, 1.807) is 0 Å². The first kappa shape index (κ1) is 25.0. The number of ether oxygens (including phenoxy) is 1. The van der Waals surface area contributed by atoms with E-state index in [1.165, 1.54) is 34.8 Å². The number of nitrogens with one attached hydrogen (secondary N) is 1. The van der Waals surface area contributed by atoms with Crippen LogP contribution in [-0.2, 0) is 17.7 Å². The molecule has 2 aromatic carbocycles. The Bertz CT molecular complexity index is 1190. The van der Waals surface area contributed by atoms with Gasteiger partial charge in [0, 0.05) is 29.7 Å². The molecular formula is C30H38FN3O2. The van der Waals surface area contributed by atoms with Gasteiger partial charge in [0.1, 0.15) is 5.67 Å². The minimum atomic E-state index is -1.02. The Hall–Kier alpha value is -2.70. The Labute approximate surface area is 213 Å². The summed E-state index contributed by atoms with van der Waals surface area (Å²) in [4.78, 5) is 14.1. The number of fused-ring (bicyclic) bond motifs is 1. The Morgan fingerprint density at radius 3 is 2.47 bits per heavy atom. The first-order chi connectivity index (χ1) is 17.5. The fourth-order valence-electron chi connectivity index (χ4n) is 6.06. The number of halogens is 1. The molecule has 6 heteroatoms. The van der Waals surface area contributed by atoms with Crippen LogP contribution in [-0.4, -0.2) is 60.9 Å². The minimum absolute atomic E-state index is 0.308. The number of piperidine rings is 2. The van der Waals surface area contributed by atoms with Crippen LogP contribution in [0.1, 0.15) is 52.9 Å². The maximum atomic E-state index is 15.2. The van der Waals surface area contributed by atoms with Crippen LogP contribution < -0.4 is 5.32 Å². The number of alkyl halides is 1. The minimum Gasteiger partial charge on any atom is -0.465 e. The lowest BCUT2D eigenvalue weighted by Gasteiger charge is -2.38. The van der Waals surface area contributed by atoms with E-state index in [0.717, 1.165) is 52.0 Å². The summed E-state index contributed by atoms with van der Waals surface area (Å²) in [5.74, 6) is 0.296. The van der Waals surface area contributed by atoms with Gasteiger partial charge < -0.3 is 19.5 Å². The number of methoxy groups -OCH3 is 1. The zero-order valence-electron chi connectivity index (χ0n) is 21.6. The summed E-state index contributed by atoms with van der Waals surface area (Å²) in [5.41, 5.74) is 4.68. The number of hydrogen-bond acceptors (Lipinski definition) is 4. The summed E-state index contributed by atoms with van der Waals surface area (Å²) in [6.45, 7) is 7.40. The number of para-hydroxylation sites is 1. The van der Waals surface area contributed by atoms with Gasteiger partial charge >= 0.3 is 5.97 Å². The van der Waals surface area contributed by atoms with Crippen molar-refractivity contribution in [3.63, 3.8) is 0 Å². The highest BCUT2D eigenvalue weighted by Gasteiger charge is 2.35. The molecule has 2 aliphatic heterocycles. The molecule has 1 aromatic heterocycles. The number of rotatable bonds is 7. The van der Waals surface area contributed by atoms with Crippen molar-refractivity contribution in [2.24, 2.45) is 5.92 Å². The first-order valence-corrected chi connectivity index (χ1v) is 13.3. The van der Waals surface area contributed by atoms with Crippen molar-refractivity contribution in [2.45, 2.75) is 51.2 Å². The van der Waals surface area contributed by atoms with Gasteiger partial charge in [-0.1, -0.05) is 30.3 Å². The topological polar surface area (TPSA) is 46.5 Å². The van der Waals surface area contributed by atoms with Crippen LogP contribution in [0.15, 0.2) is 48.5 Å². The Morgan fingerprint density at radius 2 is 1.78 bits per heavy atom. The normalized spacial score (nSPS) is 19.0. The summed E-state index contributed by atoms with van der Waals surface area (Å²) >= 11 is 0. The summed E-state index contributed by atoms with van der Waals surface area (Å²) < 4.78 is 22.5. The van der Waals surface area contributed by atoms with Crippen LogP contribution in [0.25, 0.3) is 10.9 Å². The molecule has 0 unspecified atom stereocenters. The van der Waals surface area contributed by atoms with Gasteiger partial charge in [0.05, 0.1) is 12.7 Å². The van der Waals surface area contributed by atoms with Gasteiger partial charge in [-0.25, -0.2) is 9.18 Å². The molecule has 0 bridgehead atoms. The molecule has 0 atom stereocenters. The standard InChI is InChI=1S/C30H38FN3O2/c1-22-27(19-23-7-9-25(10-8-23)29(35)36-2)26-5-3-4-6-28(26)34(22)20-24-11-17-33(18-12-24)21-30(31)13-15-32-16-14-30/h3-10,24,32H,11-21H2,1-2H3. The van der Waals surface area contributed by atoms with Crippen LogP contribution in [0, 0.1) is 12.8 Å². The van der Waals surface area contributed by atoms with E-state index in [1.807, 2.05) is 24.3 Å². The van der Waals surface area contributed by atoms with E-state index >= 15 is 4.39 Å². The van der Waals surface area contributed by atoms with Crippen molar-refractivity contribution in [3.8, 4) is 0 Å². The van der Waals surface area contributed by atoms with Crippen molar-refractivity contribution < 1.29 is 13.9 Å². The number of nitrogens with zero attached hydrogens (tertiary/aromatic N) is 2. The van der Waals surface area contributed by atoms with Gasteiger partial charge in [0.2, 0.25) is 0 Å².